The van der Waals surface area contributed by atoms with Crippen LogP contribution in [-0.2, 0) is 6.54 Å². The first-order valence-corrected chi connectivity index (χ1v) is 6.69. The van der Waals surface area contributed by atoms with E-state index in [0.29, 0.717) is 0 Å². The van der Waals surface area contributed by atoms with Gasteiger partial charge in [-0.05, 0) is 42.9 Å². The summed E-state index contributed by atoms with van der Waals surface area (Å²) in [5, 5.41) is 0. The molecule has 0 saturated heterocycles. The summed E-state index contributed by atoms with van der Waals surface area (Å²) in [7, 11) is 0. The summed E-state index contributed by atoms with van der Waals surface area (Å²) in [6.45, 7) is 3.08. The van der Waals surface area contributed by atoms with Gasteiger partial charge >= 0.3 is 0 Å². The molecule has 1 aromatic heterocycles. The Kier molecular flexibility index (Phi) is 4.09. The van der Waals surface area contributed by atoms with Crippen molar-refractivity contribution in [2.45, 2.75) is 24.8 Å². The summed E-state index contributed by atoms with van der Waals surface area (Å²) in [4.78, 5) is 5.32. The molecule has 2 N–H and O–H groups in total. The fraction of sp³-hybridized carbons (Fsp3) is 0.308. The monoisotopic (exact) mass is 247 g/mol. The average Bonchev–Trinajstić information content (AvgIpc) is 2.82. The zero-order chi connectivity index (χ0) is 12.1. The number of nitrogens with two attached hydrogens (primary N) is 1. The van der Waals surface area contributed by atoms with E-state index < -0.39 is 0 Å². The first-order chi connectivity index (χ1) is 8.25. The number of rotatable bonds is 5. The van der Waals surface area contributed by atoms with Gasteiger partial charge in [-0.2, -0.15) is 0 Å². The van der Waals surface area contributed by atoms with Crippen LogP contribution in [0, 0.1) is 6.92 Å². The molecule has 0 aliphatic carbocycles. The summed E-state index contributed by atoms with van der Waals surface area (Å²) in [5.74, 6) is 1.11. The summed E-state index contributed by atoms with van der Waals surface area (Å²) in [5.41, 5.74) is 7.81. The van der Waals surface area contributed by atoms with Gasteiger partial charge < -0.3 is 10.3 Å². The number of nitrogens with zero attached hydrogens (tertiary/aromatic N) is 2. The molecular formula is C13H17N3S. The first-order valence-electron chi connectivity index (χ1n) is 5.70. The van der Waals surface area contributed by atoms with Crippen molar-refractivity contribution in [2.24, 2.45) is 0 Å². The highest BCUT2D eigenvalue weighted by Crippen LogP contribution is 2.23. The highest BCUT2D eigenvalue weighted by atomic mass is 32.2. The predicted octanol–water partition coefficient (Wildman–Crippen LogP) is 2.96. The van der Waals surface area contributed by atoms with E-state index in [1.165, 1.54) is 4.90 Å². The minimum Gasteiger partial charge on any atom is -0.399 e. The molecule has 1 heterocycles. The van der Waals surface area contributed by atoms with Gasteiger partial charge in [-0.25, -0.2) is 4.98 Å². The third-order valence-electron chi connectivity index (χ3n) is 2.63. The molecule has 0 unspecified atom stereocenters. The highest BCUT2D eigenvalue weighted by molar-refractivity contribution is 7.99. The molecule has 17 heavy (non-hydrogen) atoms. The Bertz CT molecular complexity index is 466. The Morgan fingerprint density at radius 1 is 1.41 bits per heavy atom. The van der Waals surface area contributed by atoms with Gasteiger partial charge in [0.2, 0.25) is 0 Å². The van der Waals surface area contributed by atoms with E-state index in [1.807, 2.05) is 43.5 Å². The number of hydrogen-bond donors (Lipinski definition) is 1. The molecule has 0 saturated carbocycles. The maximum absolute atomic E-state index is 5.79. The maximum atomic E-state index is 5.79. The van der Waals surface area contributed by atoms with Gasteiger partial charge in [0.1, 0.15) is 0 Å². The minimum absolute atomic E-state index is 0.868. The summed E-state index contributed by atoms with van der Waals surface area (Å²) in [6, 6.07) is 6.22. The van der Waals surface area contributed by atoms with Gasteiger partial charge in [0, 0.05) is 29.5 Å². The molecule has 2 aromatic rings. The van der Waals surface area contributed by atoms with Crippen LogP contribution in [0.2, 0.25) is 0 Å². The summed E-state index contributed by atoms with van der Waals surface area (Å²) in [6.07, 6.45) is 6.82. The van der Waals surface area contributed by atoms with Crippen molar-refractivity contribution in [3.05, 3.63) is 42.5 Å². The number of aromatic nitrogens is 2. The zero-order valence-electron chi connectivity index (χ0n) is 9.97. The number of aryl methyl sites for hydroxylation is 2. The van der Waals surface area contributed by atoms with Crippen molar-refractivity contribution >= 4 is 17.4 Å². The normalized spacial score (nSPS) is 10.6. The van der Waals surface area contributed by atoms with E-state index >= 15 is 0 Å². The maximum Gasteiger partial charge on any atom is 0.0945 e. The van der Waals surface area contributed by atoms with Gasteiger partial charge in [0.05, 0.1) is 6.33 Å². The standard InChI is InChI=1S/C13H17N3S/c1-11-9-12(3-4-13(11)14)17-8-2-6-16-7-5-15-10-16/h3-5,7,9-10H,2,6,8,14H2,1H3. The van der Waals surface area contributed by atoms with Crippen LogP contribution in [0.4, 0.5) is 5.69 Å². The van der Waals surface area contributed by atoms with E-state index in [4.69, 9.17) is 5.73 Å². The van der Waals surface area contributed by atoms with Crippen LogP contribution >= 0.6 is 11.8 Å². The van der Waals surface area contributed by atoms with Crippen molar-refractivity contribution in [2.75, 3.05) is 11.5 Å². The van der Waals surface area contributed by atoms with Crippen molar-refractivity contribution in [1.29, 1.82) is 0 Å². The number of anilines is 1. The molecule has 0 fully saturated rings. The third-order valence-corrected chi connectivity index (χ3v) is 3.71. The highest BCUT2D eigenvalue weighted by Gasteiger charge is 1.98. The van der Waals surface area contributed by atoms with Gasteiger partial charge in [0.15, 0.2) is 0 Å². The van der Waals surface area contributed by atoms with Crippen LogP contribution in [-0.4, -0.2) is 15.3 Å². The fourth-order valence-corrected chi connectivity index (χ4v) is 2.53. The van der Waals surface area contributed by atoms with E-state index in [0.717, 1.165) is 30.0 Å². The molecule has 1 aromatic carbocycles. The molecule has 0 radical (unpaired) electrons. The van der Waals surface area contributed by atoms with Gasteiger partial charge in [-0.3, -0.25) is 0 Å². The lowest BCUT2D eigenvalue weighted by Gasteiger charge is -2.05. The van der Waals surface area contributed by atoms with E-state index in [-0.39, 0.29) is 0 Å². The second kappa shape index (κ2) is 5.77. The van der Waals surface area contributed by atoms with Crippen LogP contribution in [0.3, 0.4) is 0 Å². The molecular weight excluding hydrogens is 230 g/mol. The quantitative estimate of drug-likeness (QED) is 0.502. The predicted molar refractivity (Wildman–Crippen MR) is 73.2 cm³/mol. The topological polar surface area (TPSA) is 43.8 Å². The largest absolute Gasteiger partial charge is 0.399 e. The Morgan fingerprint density at radius 3 is 3.00 bits per heavy atom. The molecule has 0 aliphatic rings. The molecule has 3 nitrogen and oxygen atoms in total. The molecule has 0 amide bonds. The van der Waals surface area contributed by atoms with Crippen molar-refractivity contribution in [3.8, 4) is 0 Å². The number of benzene rings is 1. The second-order valence-corrected chi connectivity index (χ2v) is 5.19. The number of thioether (sulfide) groups is 1. The number of nitrogen functional groups attached to an aromatic ring is 1. The lowest BCUT2D eigenvalue weighted by atomic mass is 10.2. The summed E-state index contributed by atoms with van der Waals surface area (Å²) >= 11 is 1.88. The van der Waals surface area contributed by atoms with Gasteiger partial charge in [-0.15, -0.1) is 11.8 Å². The molecule has 0 aliphatic heterocycles. The van der Waals surface area contributed by atoms with E-state index in [9.17, 15) is 0 Å². The van der Waals surface area contributed by atoms with Crippen LogP contribution < -0.4 is 5.73 Å². The van der Waals surface area contributed by atoms with Gasteiger partial charge in [0.25, 0.3) is 0 Å². The van der Waals surface area contributed by atoms with E-state index in [2.05, 4.69) is 21.7 Å². The minimum atomic E-state index is 0.868. The SMILES string of the molecule is Cc1cc(SCCCn2ccnc2)ccc1N. The van der Waals surface area contributed by atoms with Gasteiger partial charge in [-0.1, -0.05) is 0 Å². The van der Waals surface area contributed by atoms with Crippen LogP contribution in [0.15, 0.2) is 41.8 Å². The van der Waals surface area contributed by atoms with Crippen LogP contribution in [0.1, 0.15) is 12.0 Å². The number of imidazole rings is 1. The summed E-state index contributed by atoms with van der Waals surface area (Å²) < 4.78 is 2.11. The molecule has 90 valence electrons. The molecule has 0 spiro atoms. The lowest BCUT2D eigenvalue weighted by molar-refractivity contribution is 0.683. The zero-order valence-corrected chi connectivity index (χ0v) is 10.8. The third kappa shape index (κ3) is 3.53. The Labute approximate surface area is 106 Å². The van der Waals surface area contributed by atoms with E-state index in [1.54, 1.807) is 0 Å². The van der Waals surface area contributed by atoms with Crippen LogP contribution in [0.25, 0.3) is 0 Å². The first kappa shape index (κ1) is 12.0. The Balaban J connectivity index is 1.76. The Morgan fingerprint density at radius 2 is 2.29 bits per heavy atom. The molecule has 2 rings (SSSR count). The molecule has 4 heteroatoms. The van der Waals surface area contributed by atoms with Crippen molar-refractivity contribution in [1.82, 2.24) is 9.55 Å². The molecule has 0 bridgehead atoms. The second-order valence-electron chi connectivity index (χ2n) is 4.02. The fourth-order valence-electron chi connectivity index (χ4n) is 1.59. The number of hydrogen-bond acceptors (Lipinski definition) is 3. The smallest absolute Gasteiger partial charge is 0.0945 e. The molecule has 0 atom stereocenters. The van der Waals surface area contributed by atoms with Crippen molar-refractivity contribution < 1.29 is 0 Å². The van der Waals surface area contributed by atoms with Crippen LogP contribution in [0.5, 0.6) is 0 Å². The van der Waals surface area contributed by atoms with Crippen molar-refractivity contribution in [3.63, 3.8) is 0 Å². The average molecular weight is 247 g/mol. The lowest BCUT2D eigenvalue weighted by Crippen LogP contribution is -1.95. The Hall–Kier alpha value is -1.42.